The van der Waals surface area contributed by atoms with Crippen LogP contribution in [0.4, 0.5) is 0 Å². The van der Waals surface area contributed by atoms with Gasteiger partial charge in [0.25, 0.3) is 5.91 Å². The van der Waals surface area contributed by atoms with Gasteiger partial charge in [0, 0.05) is 18.7 Å². The van der Waals surface area contributed by atoms with Gasteiger partial charge in [-0.05, 0) is 53.9 Å². The maximum Gasteiger partial charge on any atom is 0.335 e. The summed E-state index contributed by atoms with van der Waals surface area (Å²) in [4.78, 5) is 25.0. The topological polar surface area (TPSA) is 57.6 Å². The first-order valence-corrected chi connectivity index (χ1v) is 7.55. The third-order valence-corrected chi connectivity index (χ3v) is 4.18. The number of aromatic carboxylic acids is 1. The van der Waals surface area contributed by atoms with Crippen molar-refractivity contribution in [2.24, 2.45) is 0 Å². The number of carbonyl (C=O) groups excluding carboxylic acids is 1. The monoisotopic (exact) mass is 303 g/mol. The summed E-state index contributed by atoms with van der Waals surface area (Å²) in [5, 5.41) is 13.1. The fourth-order valence-electron chi connectivity index (χ4n) is 2.08. The lowest BCUT2D eigenvalue weighted by Gasteiger charge is -2.25. The highest BCUT2D eigenvalue weighted by Crippen LogP contribution is 2.14. The van der Waals surface area contributed by atoms with Crippen LogP contribution in [0.25, 0.3) is 0 Å². The van der Waals surface area contributed by atoms with Crippen molar-refractivity contribution in [3.05, 3.63) is 57.8 Å². The second kappa shape index (κ2) is 6.54. The van der Waals surface area contributed by atoms with E-state index in [0.29, 0.717) is 5.56 Å². The largest absolute Gasteiger partial charge is 0.478 e. The summed E-state index contributed by atoms with van der Waals surface area (Å²) >= 11 is 1.63. The summed E-state index contributed by atoms with van der Waals surface area (Å²) in [5.41, 5.74) is 1.72. The molecule has 0 saturated heterocycles. The Labute approximate surface area is 127 Å². The van der Waals surface area contributed by atoms with Gasteiger partial charge in [0.05, 0.1) is 5.56 Å². The zero-order valence-corrected chi connectivity index (χ0v) is 12.8. The fourth-order valence-corrected chi connectivity index (χ4v) is 2.76. The Balaban J connectivity index is 2.11. The summed E-state index contributed by atoms with van der Waals surface area (Å²) in [6.45, 7) is 1.98. The van der Waals surface area contributed by atoms with Crippen molar-refractivity contribution in [2.75, 3.05) is 7.05 Å². The average Bonchev–Trinajstić information content (AvgIpc) is 2.98. The van der Waals surface area contributed by atoms with Crippen LogP contribution in [0.3, 0.4) is 0 Å². The SMILES string of the molecule is CC(Cc1ccsc1)N(C)C(=O)c1cccc(C(=O)O)c1. The number of carboxylic acid groups (broad SMARTS) is 1. The van der Waals surface area contributed by atoms with E-state index in [1.807, 2.05) is 18.4 Å². The van der Waals surface area contributed by atoms with Gasteiger partial charge in [0.1, 0.15) is 0 Å². The Hall–Kier alpha value is -2.14. The highest BCUT2D eigenvalue weighted by Gasteiger charge is 2.19. The summed E-state index contributed by atoms with van der Waals surface area (Å²) in [6.07, 6.45) is 0.782. The van der Waals surface area contributed by atoms with Crippen LogP contribution < -0.4 is 0 Å². The molecule has 0 radical (unpaired) electrons. The third-order valence-electron chi connectivity index (χ3n) is 3.45. The molecular formula is C16H17NO3S. The summed E-state index contributed by atoms with van der Waals surface area (Å²) in [6, 6.07) is 8.22. The molecule has 1 N–H and O–H groups in total. The van der Waals surface area contributed by atoms with Gasteiger partial charge in [-0.1, -0.05) is 6.07 Å². The fraction of sp³-hybridized carbons (Fsp3) is 0.250. The van der Waals surface area contributed by atoms with Gasteiger partial charge in [0.2, 0.25) is 0 Å². The number of rotatable bonds is 5. The molecule has 2 rings (SSSR count). The number of thiophene rings is 1. The zero-order valence-electron chi connectivity index (χ0n) is 11.9. The molecule has 1 heterocycles. The Bertz CT molecular complexity index is 637. The highest BCUT2D eigenvalue weighted by molar-refractivity contribution is 7.07. The molecule has 0 aliphatic rings. The van der Waals surface area contributed by atoms with Gasteiger partial charge in [-0.2, -0.15) is 11.3 Å². The van der Waals surface area contributed by atoms with Gasteiger partial charge in [-0.3, -0.25) is 4.79 Å². The van der Waals surface area contributed by atoms with Crippen molar-refractivity contribution in [3.8, 4) is 0 Å². The Morgan fingerprint density at radius 1 is 1.29 bits per heavy atom. The van der Waals surface area contributed by atoms with Crippen LogP contribution in [0, 0.1) is 0 Å². The number of benzene rings is 1. The van der Waals surface area contributed by atoms with Gasteiger partial charge < -0.3 is 10.0 Å². The third kappa shape index (κ3) is 3.70. The Morgan fingerprint density at radius 3 is 2.62 bits per heavy atom. The molecule has 0 fully saturated rings. The van der Waals surface area contributed by atoms with E-state index in [1.165, 1.54) is 17.7 Å². The van der Waals surface area contributed by atoms with Crippen molar-refractivity contribution >= 4 is 23.2 Å². The Morgan fingerprint density at radius 2 is 2.00 bits per heavy atom. The van der Waals surface area contributed by atoms with Crippen LogP contribution >= 0.6 is 11.3 Å². The molecule has 0 bridgehead atoms. The predicted molar refractivity (Wildman–Crippen MR) is 83.0 cm³/mol. The molecule has 0 aliphatic heterocycles. The first-order valence-electron chi connectivity index (χ1n) is 6.60. The second-order valence-corrected chi connectivity index (χ2v) is 5.77. The normalized spacial score (nSPS) is 11.9. The van der Waals surface area contributed by atoms with Crippen LogP contribution in [0.5, 0.6) is 0 Å². The molecule has 1 aromatic heterocycles. The van der Waals surface area contributed by atoms with E-state index in [-0.39, 0.29) is 17.5 Å². The lowest BCUT2D eigenvalue weighted by molar-refractivity contribution is 0.0697. The summed E-state index contributed by atoms with van der Waals surface area (Å²) in [7, 11) is 1.74. The van der Waals surface area contributed by atoms with E-state index >= 15 is 0 Å². The lowest BCUT2D eigenvalue weighted by Crippen LogP contribution is -2.36. The van der Waals surface area contributed by atoms with Gasteiger partial charge in [-0.25, -0.2) is 4.79 Å². The van der Waals surface area contributed by atoms with Crippen molar-refractivity contribution in [1.82, 2.24) is 4.90 Å². The molecule has 21 heavy (non-hydrogen) atoms. The number of hydrogen-bond donors (Lipinski definition) is 1. The van der Waals surface area contributed by atoms with E-state index < -0.39 is 5.97 Å². The standard InChI is InChI=1S/C16H17NO3S/c1-11(8-12-6-7-21-10-12)17(2)15(18)13-4-3-5-14(9-13)16(19)20/h3-7,9-11H,8H2,1-2H3,(H,19,20). The van der Waals surface area contributed by atoms with Gasteiger partial charge in [-0.15, -0.1) is 0 Å². The molecule has 0 saturated carbocycles. The predicted octanol–water partition coefficient (Wildman–Crippen LogP) is 3.15. The van der Waals surface area contributed by atoms with Gasteiger partial charge >= 0.3 is 5.97 Å². The smallest absolute Gasteiger partial charge is 0.335 e. The van der Waals surface area contributed by atoms with Crippen LogP contribution in [0.1, 0.15) is 33.2 Å². The Kier molecular flexibility index (Phi) is 4.75. The van der Waals surface area contributed by atoms with Crippen LogP contribution in [0.15, 0.2) is 41.1 Å². The van der Waals surface area contributed by atoms with E-state index in [1.54, 1.807) is 35.4 Å². The average molecular weight is 303 g/mol. The van der Waals surface area contributed by atoms with Crippen molar-refractivity contribution in [2.45, 2.75) is 19.4 Å². The molecule has 1 amide bonds. The number of carbonyl (C=O) groups is 2. The van der Waals surface area contributed by atoms with Crippen molar-refractivity contribution in [1.29, 1.82) is 0 Å². The van der Waals surface area contributed by atoms with E-state index in [4.69, 9.17) is 5.11 Å². The maximum absolute atomic E-state index is 12.4. The molecule has 0 aliphatic carbocycles. The van der Waals surface area contributed by atoms with Crippen molar-refractivity contribution in [3.63, 3.8) is 0 Å². The van der Waals surface area contributed by atoms with Crippen molar-refractivity contribution < 1.29 is 14.7 Å². The molecule has 2 aromatic rings. The lowest BCUT2D eigenvalue weighted by atomic mass is 10.1. The number of carboxylic acids is 1. The number of nitrogens with zero attached hydrogens (tertiary/aromatic N) is 1. The molecule has 5 heteroatoms. The minimum Gasteiger partial charge on any atom is -0.478 e. The molecule has 110 valence electrons. The highest BCUT2D eigenvalue weighted by atomic mass is 32.1. The first-order chi connectivity index (χ1) is 9.99. The van der Waals surface area contributed by atoms with Crippen LogP contribution in [-0.2, 0) is 6.42 Å². The second-order valence-electron chi connectivity index (χ2n) is 4.99. The molecule has 0 spiro atoms. The minimum absolute atomic E-state index is 0.0422. The van der Waals surface area contributed by atoms with E-state index in [0.717, 1.165) is 6.42 Å². The number of likely N-dealkylation sites (N-methyl/N-ethyl adjacent to an activating group) is 1. The summed E-state index contributed by atoms with van der Waals surface area (Å²) in [5.74, 6) is -1.19. The molecule has 4 nitrogen and oxygen atoms in total. The zero-order chi connectivity index (χ0) is 15.4. The van der Waals surface area contributed by atoms with E-state index in [9.17, 15) is 9.59 Å². The molecular weight excluding hydrogens is 286 g/mol. The molecule has 1 unspecified atom stereocenters. The number of amides is 1. The molecule has 1 atom stereocenters. The summed E-state index contributed by atoms with van der Waals surface area (Å²) < 4.78 is 0. The minimum atomic E-state index is -1.03. The van der Waals surface area contributed by atoms with E-state index in [2.05, 4.69) is 5.38 Å². The van der Waals surface area contributed by atoms with Crippen LogP contribution in [-0.4, -0.2) is 35.0 Å². The van der Waals surface area contributed by atoms with Crippen LogP contribution in [0.2, 0.25) is 0 Å². The first kappa shape index (κ1) is 15.3. The maximum atomic E-state index is 12.4. The quantitative estimate of drug-likeness (QED) is 0.923. The van der Waals surface area contributed by atoms with Gasteiger partial charge in [0.15, 0.2) is 0 Å². The molecule has 1 aromatic carbocycles. The number of hydrogen-bond acceptors (Lipinski definition) is 3.